The molecule has 0 amide bonds. The summed E-state index contributed by atoms with van der Waals surface area (Å²) in [7, 11) is 0. The summed E-state index contributed by atoms with van der Waals surface area (Å²) >= 11 is 3.26. The summed E-state index contributed by atoms with van der Waals surface area (Å²) < 4.78 is 14.4. The Labute approximate surface area is 92.0 Å². The summed E-state index contributed by atoms with van der Waals surface area (Å²) in [4.78, 5) is 0. The largest absolute Gasteiger partial charge is 0.206 e. The Morgan fingerprint density at radius 1 is 1.21 bits per heavy atom. The lowest BCUT2D eigenvalue weighted by Gasteiger charge is -2.13. The molecule has 0 atom stereocenters. The Morgan fingerprint density at radius 2 is 2.07 bits per heavy atom. The predicted octanol–water partition coefficient (Wildman–Crippen LogP) is 4.55. The second kappa shape index (κ2) is 4.26. The van der Waals surface area contributed by atoms with Gasteiger partial charge in [0.05, 0.1) is 0 Å². The Morgan fingerprint density at radius 3 is 2.71 bits per heavy atom. The Hall–Kier alpha value is -0.630. The van der Waals surface area contributed by atoms with Gasteiger partial charge >= 0.3 is 0 Å². The molecule has 0 nitrogen and oxygen atoms in total. The number of halogens is 2. The highest BCUT2D eigenvalue weighted by Crippen LogP contribution is 2.29. The molecule has 0 spiro atoms. The van der Waals surface area contributed by atoms with Crippen LogP contribution in [0, 0.1) is 5.82 Å². The first-order chi connectivity index (χ1) is 6.77. The van der Waals surface area contributed by atoms with E-state index in [0.29, 0.717) is 0 Å². The maximum atomic E-state index is 13.6. The van der Waals surface area contributed by atoms with Gasteiger partial charge in [-0.2, -0.15) is 0 Å². The van der Waals surface area contributed by atoms with E-state index in [4.69, 9.17) is 0 Å². The monoisotopic (exact) mass is 254 g/mol. The number of benzene rings is 1. The van der Waals surface area contributed by atoms with Crippen molar-refractivity contribution in [1.82, 2.24) is 0 Å². The third-order valence-electron chi connectivity index (χ3n) is 2.57. The summed E-state index contributed by atoms with van der Waals surface area (Å²) in [6.45, 7) is 0. The Kier molecular flexibility index (Phi) is 3.02. The molecule has 1 aliphatic rings. The van der Waals surface area contributed by atoms with E-state index in [9.17, 15) is 4.39 Å². The van der Waals surface area contributed by atoms with Crippen molar-refractivity contribution in [3.8, 4) is 0 Å². The van der Waals surface area contributed by atoms with E-state index in [1.165, 1.54) is 24.5 Å². The molecule has 0 radical (unpaired) electrons. The van der Waals surface area contributed by atoms with Gasteiger partial charge in [0.25, 0.3) is 0 Å². The molecule has 2 rings (SSSR count). The maximum Gasteiger partial charge on any atom is 0.131 e. The molecule has 0 aromatic heterocycles. The zero-order chi connectivity index (χ0) is 9.97. The Bertz CT molecular complexity index is 369. The van der Waals surface area contributed by atoms with Crippen molar-refractivity contribution in [2.75, 3.05) is 0 Å². The fraction of sp³-hybridized carbons (Fsp3) is 0.333. The molecule has 0 bridgehead atoms. The zero-order valence-corrected chi connectivity index (χ0v) is 9.48. The van der Waals surface area contributed by atoms with Crippen molar-refractivity contribution in [3.63, 3.8) is 0 Å². The molecule has 1 aromatic carbocycles. The van der Waals surface area contributed by atoms with E-state index in [0.717, 1.165) is 22.9 Å². The van der Waals surface area contributed by atoms with Gasteiger partial charge in [-0.05, 0) is 43.4 Å². The van der Waals surface area contributed by atoms with Crippen LogP contribution in [0.15, 0.2) is 28.7 Å². The van der Waals surface area contributed by atoms with Crippen LogP contribution in [0.5, 0.6) is 0 Å². The van der Waals surface area contributed by atoms with Gasteiger partial charge in [0.1, 0.15) is 5.82 Å². The second-order valence-electron chi connectivity index (χ2n) is 3.60. The van der Waals surface area contributed by atoms with Crippen LogP contribution in [0.1, 0.15) is 31.2 Å². The first-order valence-corrected chi connectivity index (χ1v) is 5.71. The van der Waals surface area contributed by atoms with E-state index >= 15 is 0 Å². The van der Waals surface area contributed by atoms with Crippen LogP contribution in [0.3, 0.4) is 0 Å². The lowest BCUT2D eigenvalue weighted by Crippen LogP contribution is -1.94. The van der Waals surface area contributed by atoms with Gasteiger partial charge in [0.2, 0.25) is 0 Å². The topological polar surface area (TPSA) is 0 Å². The number of rotatable bonds is 1. The molecular formula is C12H12BrF. The third kappa shape index (κ3) is 2.06. The van der Waals surface area contributed by atoms with Crippen LogP contribution < -0.4 is 0 Å². The highest BCUT2D eigenvalue weighted by atomic mass is 79.9. The first kappa shape index (κ1) is 9.91. The quantitative estimate of drug-likeness (QED) is 0.690. The predicted molar refractivity (Wildman–Crippen MR) is 60.5 cm³/mol. The van der Waals surface area contributed by atoms with Gasteiger partial charge < -0.3 is 0 Å². The van der Waals surface area contributed by atoms with E-state index in [1.807, 2.05) is 12.1 Å². The van der Waals surface area contributed by atoms with Crippen molar-refractivity contribution in [3.05, 3.63) is 40.1 Å². The molecule has 0 fully saturated rings. The molecule has 2 heteroatoms. The molecular weight excluding hydrogens is 243 g/mol. The minimum absolute atomic E-state index is 0.118. The van der Waals surface area contributed by atoms with Crippen LogP contribution in [-0.2, 0) is 0 Å². The minimum Gasteiger partial charge on any atom is -0.206 e. The molecule has 0 saturated carbocycles. The molecule has 0 unspecified atom stereocenters. The SMILES string of the molecule is Fc1cc(Br)ccc1C1=CCCCC1. The highest BCUT2D eigenvalue weighted by Gasteiger charge is 2.10. The van der Waals surface area contributed by atoms with E-state index < -0.39 is 0 Å². The van der Waals surface area contributed by atoms with Gasteiger partial charge in [0, 0.05) is 10.0 Å². The molecule has 0 N–H and O–H groups in total. The molecule has 14 heavy (non-hydrogen) atoms. The van der Waals surface area contributed by atoms with Gasteiger partial charge in [-0.25, -0.2) is 4.39 Å². The standard InChI is InChI=1S/C12H12BrF/c13-10-6-7-11(12(14)8-10)9-4-2-1-3-5-9/h4,6-8H,1-3,5H2. The smallest absolute Gasteiger partial charge is 0.131 e. The van der Waals surface area contributed by atoms with Crippen molar-refractivity contribution >= 4 is 21.5 Å². The van der Waals surface area contributed by atoms with Crippen LogP contribution in [0.25, 0.3) is 5.57 Å². The second-order valence-corrected chi connectivity index (χ2v) is 4.51. The van der Waals surface area contributed by atoms with Crippen LogP contribution in [-0.4, -0.2) is 0 Å². The molecule has 0 aliphatic heterocycles. The van der Waals surface area contributed by atoms with Crippen molar-refractivity contribution in [1.29, 1.82) is 0 Å². The van der Waals surface area contributed by atoms with Crippen LogP contribution in [0.4, 0.5) is 4.39 Å². The molecule has 0 heterocycles. The summed E-state index contributed by atoms with van der Waals surface area (Å²) in [5.74, 6) is -0.118. The lowest BCUT2D eigenvalue weighted by molar-refractivity contribution is 0.619. The maximum absolute atomic E-state index is 13.6. The molecule has 1 aromatic rings. The van der Waals surface area contributed by atoms with E-state index in [1.54, 1.807) is 0 Å². The van der Waals surface area contributed by atoms with Gasteiger partial charge in [0.15, 0.2) is 0 Å². The van der Waals surface area contributed by atoms with Gasteiger partial charge in [-0.15, -0.1) is 0 Å². The minimum atomic E-state index is -0.118. The van der Waals surface area contributed by atoms with E-state index in [2.05, 4.69) is 22.0 Å². The van der Waals surface area contributed by atoms with Crippen molar-refractivity contribution in [2.45, 2.75) is 25.7 Å². The van der Waals surface area contributed by atoms with Gasteiger partial charge in [-0.1, -0.05) is 28.1 Å². The summed E-state index contributed by atoms with van der Waals surface area (Å²) in [6, 6.07) is 5.29. The highest BCUT2D eigenvalue weighted by molar-refractivity contribution is 9.10. The molecule has 74 valence electrons. The fourth-order valence-electron chi connectivity index (χ4n) is 1.83. The zero-order valence-electron chi connectivity index (χ0n) is 7.89. The van der Waals surface area contributed by atoms with Crippen LogP contribution >= 0.6 is 15.9 Å². The molecule has 1 aliphatic carbocycles. The number of allylic oxidation sites excluding steroid dienone is 2. The van der Waals surface area contributed by atoms with Crippen molar-refractivity contribution < 1.29 is 4.39 Å². The first-order valence-electron chi connectivity index (χ1n) is 4.92. The average Bonchev–Trinajstić information content (AvgIpc) is 2.19. The summed E-state index contributed by atoms with van der Waals surface area (Å²) in [6.07, 6.45) is 6.68. The summed E-state index contributed by atoms with van der Waals surface area (Å²) in [5, 5.41) is 0. The third-order valence-corrected chi connectivity index (χ3v) is 3.06. The summed E-state index contributed by atoms with van der Waals surface area (Å²) in [5.41, 5.74) is 1.94. The number of hydrogen-bond acceptors (Lipinski definition) is 0. The number of hydrogen-bond donors (Lipinski definition) is 0. The normalized spacial score (nSPS) is 16.6. The van der Waals surface area contributed by atoms with Gasteiger partial charge in [-0.3, -0.25) is 0 Å². The van der Waals surface area contributed by atoms with Crippen LogP contribution in [0.2, 0.25) is 0 Å². The van der Waals surface area contributed by atoms with E-state index in [-0.39, 0.29) is 5.82 Å². The lowest BCUT2D eigenvalue weighted by atomic mass is 9.93. The molecule has 0 saturated heterocycles. The Balaban J connectivity index is 2.35. The van der Waals surface area contributed by atoms with Crippen molar-refractivity contribution in [2.24, 2.45) is 0 Å². The average molecular weight is 255 g/mol. The fourth-order valence-corrected chi connectivity index (χ4v) is 2.17.